The van der Waals surface area contributed by atoms with Gasteiger partial charge in [0.05, 0.1) is 10.7 Å². The van der Waals surface area contributed by atoms with E-state index in [4.69, 9.17) is 17.0 Å². The monoisotopic (exact) mass is 497 g/mol. The molecule has 0 fully saturated rings. The summed E-state index contributed by atoms with van der Waals surface area (Å²) in [6.07, 6.45) is -2.31. The van der Waals surface area contributed by atoms with Crippen LogP contribution >= 0.6 is 34.7 Å². The highest BCUT2D eigenvalue weighted by atomic mass is 35.5. The molecule has 1 amide bonds. The predicted molar refractivity (Wildman–Crippen MR) is 123 cm³/mol. The predicted octanol–water partition coefficient (Wildman–Crippen LogP) is 6.20. The van der Waals surface area contributed by atoms with Crippen LogP contribution in [0.4, 0.5) is 24.0 Å². The Morgan fingerprint density at radius 1 is 1.09 bits per heavy atom. The lowest BCUT2D eigenvalue weighted by molar-refractivity contribution is -0.0583. The molecule has 0 aliphatic rings. The Morgan fingerprint density at radius 2 is 1.75 bits per heavy atom. The van der Waals surface area contributed by atoms with Crippen molar-refractivity contribution in [3.05, 3.63) is 70.8 Å². The summed E-state index contributed by atoms with van der Waals surface area (Å²) < 4.78 is 39.6. The number of carbonyl (C=O) groups is 1. The molecule has 1 heterocycles. The largest absolute Gasteiger partial charge is 0.432 e. The van der Waals surface area contributed by atoms with E-state index in [1.54, 1.807) is 24.3 Å². The van der Waals surface area contributed by atoms with Crippen molar-refractivity contribution in [2.75, 3.05) is 16.9 Å². The van der Waals surface area contributed by atoms with E-state index in [9.17, 15) is 18.0 Å². The van der Waals surface area contributed by atoms with Crippen LogP contribution in [-0.2, 0) is 0 Å². The number of anilines is 2. The molecule has 2 aromatic carbocycles. The topological polar surface area (TPSA) is 90.8 Å². The number of alkyl halides is 3. The maximum absolute atomic E-state index is 13.0. The second-order valence-electron chi connectivity index (χ2n) is 6.18. The fraction of sp³-hybridized carbons (Fsp3) is 0.100. The number of amides is 1. The van der Waals surface area contributed by atoms with Gasteiger partial charge in [-0.2, -0.15) is 13.2 Å². The van der Waals surface area contributed by atoms with E-state index in [1.807, 2.05) is 6.26 Å². The molecule has 3 aromatic rings. The van der Waals surface area contributed by atoms with Gasteiger partial charge < -0.3 is 5.32 Å². The number of hydrogen-bond donors (Lipinski definition) is 3. The zero-order valence-electron chi connectivity index (χ0n) is 16.3. The summed E-state index contributed by atoms with van der Waals surface area (Å²) in [7, 11) is 0. The molecule has 0 spiro atoms. The summed E-state index contributed by atoms with van der Waals surface area (Å²) in [5, 5.41) is 21.2. The van der Waals surface area contributed by atoms with Crippen LogP contribution in [0.15, 0.2) is 58.9 Å². The van der Waals surface area contributed by atoms with Crippen LogP contribution in [0.2, 0.25) is 5.02 Å². The first-order valence-corrected chi connectivity index (χ1v) is 11.3. The molecule has 12 heteroatoms. The molecule has 0 saturated carbocycles. The SMILES string of the molecule is CSc1nnc(NC(=O)c2ccc(/C(=C/C(=N)C(F)(F)F)Nc3ccccc3Cl)cc2)s1. The van der Waals surface area contributed by atoms with Gasteiger partial charge >= 0.3 is 6.18 Å². The average molecular weight is 498 g/mol. The highest BCUT2D eigenvalue weighted by Crippen LogP contribution is 2.28. The van der Waals surface area contributed by atoms with Gasteiger partial charge in [-0.1, -0.05) is 59.0 Å². The van der Waals surface area contributed by atoms with E-state index in [0.29, 0.717) is 31.8 Å². The minimum Gasteiger partial charge on any atom is -0.354 e. The van der Waals surface area contributed by atoms with Gasteiger partial charge in [-0.3, -0.25) is 15.5 Å². The van der Waals surface area contributed by atoms with Crippen molar-refractivity contribution >= 4 is 62.8 Å². The highest BCUT2D eigenvalue weighted by Gasteiger charge is 2.33. The van der Waals surface area contributed by atoms with Crippen molar-refractivity contribution in [3.63, 3.8) is 0 Å². The third-order valence-corrected chi connectivity index (χ3v) is 6.14. The van der Waals surface area contributed by atoms with Crippen LogP contribution in [0.1, 0.15) is 15.9 Å². The van der Waals surface area contributed by atoms with Crippen LogP contribution in [0.3, 0.4) is 0 Å². The Labute approximate surface area is 194 Å². The van der Waals surface area contributed by atoms with Gasteiger partial charge in [-0.15, -0.1) is 10.2 Å². The first kappa shape index (κ1) is 23.8. The molecule has 0 unspecified atom stereocenters. The number of para-hydroxylation sites is 1. The van der Waals surface area contributed by atoms with Gasteiger partial charge in [0.25, 0.3) is 5.91 Å². The van der Waals surface area contributed by atoms with E-state index in [2.05, 4.69) is 20.8 Å². The number of nitrogens with zero attached hydrogens (tertiary/aromatic N) is 2. The third-order valence-electron chi connectivity index (χ3n) is 4.00. The molecule has 32 heavy (non-hydrogen) atoms. The summed E-state index contributed by atoms with van der Waals surface area (Å²) in [4.78, 5) is 12.4. The second kappa shape index (κ2) is 10.2. The third kappa shape index (κ3) is 6.09. The van der Waals surface area contributed by atoms with Gasteiger partial charge in [0.15, 0.2) is 4.34 Å². The lowest BCUT2D eigenvalue weighted by Crippen LogP contribution is -2.20. The van der Waals surface area contributed by atoms with Crippen molar-refractivity contribution < 1.29 is 18.0 Å². The summed E-state index contributed by atoms with van der Waals surface area (Å²) >= 11 is 8.73. The quantitative estimate of drug-likeness (QED) is 0.205. The molecule has 3 N–H and O–H groups in total. The number of thioether (sulfide) groups is 1. The fourth-order valence-electron chi connectivity index (χ4n) is 2.44. The number of allylic oxidation sites excluding steroid dienone is 1. The van der Waals surface area contributed by atoms with Crippen LogP contribution in [0, 0.1) is 5.41 Å². The minimum atomic E-state index is -4.81. The van der Waals surface area contributed by atoms with Crippen molar-refractivity contribution in [2.24, 2.45) is 0 Å². The van der Waals surface area contributed by atoms with E-state index >= 15 is 0 Å². The van der Waals surface area contributed by atoms with Crippen LogP contribution in [0.25, 0.3) is 5.70 Å². The van der Waals surface area contributed by atoms with E-state index in [0.717, 1.165) is 0 Å². The summed E-state index contributed by atoms with van der Waals surface area (Å²) in [6.45, 7) is 0. The van der Waals surface area contributed by atoms with Gasteiger partial charge in [-0.05, 0) is 42.2 Å². The molecule has 0 bridgehead atoms. The summed E-state index contributed by atoms with van der Waals surface area (Å²) in [5.41, 5.74) is -0.553. The number of nitrogens with one attached hydrogen (secondary N) is 3. The van der Waals surface area contributed by atoms with Gasteiger partial charge in [0, 0.05) is 11.3 Å². The maximum Gasteiger partial charge on any atom is 0.432 e. The number of aromatic nitrogens is 2. The summed E-state index contributed by atoms with van der Waals surface area (Å²) in [5.74, 6) is -0.437. The maximum atomic E-state index is 13.0. The van der Waals surface area contributed by atoms with Crippen molar-refractivity contribution in [2.45, 2.75) is 10.5 Å². The molecule has 0 aliphatic heterocycles. The Bertz CT molecular complexity index is 1160. The van der Waals surface area contributed by atoms with E-state index < -0.39 is 17.8 Å². The first-order valence-electron chi connectivity index (χ1n) is 8.85. The molecule has 0 atom stereocenters. The van der Waals surface area contributed by atoms with Crippen molar-refractivity contribution in [1.29, 1.82) is 5.41 Å². The molecule has 0 radical (unpaired) electrons. The smallest absolute Gasteiger partial charge is 0.354 e. The Balaban J connectivity index is 1.86. The number of rotatable bonds is 7. The molecule has 1 aromatic heterocycles. The standard InChI is InChI=1S/C20H15ClF3N5OS2/c1-31-19-29-28-18(32-19)27-17(30)12-8-6-11(7-9-12)15(10-16(25)20(22,23)24)26-14-5-3-2-4-13(14)21/h2-10,25-26H,1H3,(H,27,28,30)/b15-10-,25-16?. The summed E-state index contributed by atoms with van der Waals surface area (Å²) in [6, 6.07) is 12.4. The lowest BCUT2D eigenvalue weighted by Gasteiger charge is -2.14. The molecule has 166 valence electrons. The minimum absolute atomic E-state index is 0.00104. The molecule has 0 saturated heterocycles. The van der Waals surface area contributed by atoms with Crippen LogP contribution in [0.5, 0.6) is 0 Å². The van der Waals surface area contributed by atoms with Crippen LogP contribution < -0.4 is 10.6 Å². The van der Waals surface area contributed by atoms with Crippen molar-refractivity contribution in [1.82, 2.24) is 10.2 Å². The highest BCUT2D eigenvalue weighted by molar-refractivity contribution is 8.00. The molecule has 0 aliphatic carbocycles. The fourth-order valence-corrected chi connectivity index (χ4v) is 3.79. The molecular weight excluding hydrogens is 483 g/mol. The van der Waals surface area contributed by atoms with Gasteiger partial charge in [-0.25, -0.2) is 0 Å². The first-order chi connectivity index (χ1) is 15.2. The zero-order valence-corrected chi connectivity index (χ0v) is 18.7. The van der Waals surface area contributed by atoms with Crippen LogP contribution in [-0.4, -0.2) is 34.2 Å². The van der Waals surface area contributed by atoms with Gasteiger partial charge in [0.2, 0.25) is 5.13 Å². The number of carbonyl (C=O) groups excluding carboxylic acids is 1. The molecule has 6 nitrogen and oxygen atoms in total. The normalized spacial score (nSPS) is 11.8. The Hall–Kier alpha value is -2.89. The Morgan fingerprint density at radius 3 is 2.34 bits per heavy atom. The zero-order chi connectivity index (χ0) is 23.3. The molecule has 3 rings (SSSR count). The van der Waals surface area contributed by atoms with E-state index in [-0.39, 0.29) is 11.3 Å². The van der Waals surface area contributed by atoms with Crippen molar-refractivity contribution in [3.8, 4) is 0 Å². The second-order valence-corrected chi connectivity index (χ2v) is 8.62. The average Bonchev–Trinajstić information content (AvgIpc) is 3.21. The molecular formula is C20H15ClF3N5OS2. The Kier molecular flexibility index (Phi) is 7.54. The van der Waals surface area contributed by atoms with E-state index in [1.165, 1.54) is 47.4 Å². The number of halogens is 4. The lowest BCUT2D eigenvalue weighted by atomic mass is 10.1. The van der Waals surface area contributed by atoms with Gasteiger partial charge in [0.1, 0.15) is 5.71 Å². The number of hydrogen-bond acceptors (Lipinski definition) is 7. The number of benzene rings is 2.